The molecular weight excluding hydrogens is 392 g/mol. The van der Waals surface area contributed by atoms with Gasteiger partial charge in [-0.1, -0.05) is 53.6 Å². The fourth-order valence-corrected chi connectivity index (χ4v) is 3.32. The van der Waals surface area contributed by atoms with Gasteiger partial charge < -0.3 is 15.7 Å². The minimum absolute atomic E-state index is 0.0182. The van der Waals surface area contributed by atoms with Gasteiger partial charge in [0.25, 0.3) is 5.91 Å². The number of hydrogen-bond donors (Lipinski definition) is 3. The van der Waals surface area contributed by atoms with Gasteiger partial charge in [0.05, 0.1) is 22.9 Å². The highest BCUT2D eigenvalue weighted by atomic mass is 35.5. The van der Waals surface area contributed by atoms with Crippen molar-refractivity contribution in [3.05, 3.63) is 88.2 Å². The Bertz CT molecular complexity index is 1140. The molecule has 7 nitrogen and oxygen atoms in total. The molecule has 0 unspecified atom stereocenters. The predicted molar refractivity (Wildman–Crippen MR) is 110 cm³/mol. The zero-order valence-electron chi connectivity index (χ0n) is 15.4. The van der Waals surface area contributed by atoms with Gasteiger partial charge in [0.15, 0.2) is 0 Å². The fourth-order valence-electron chi connectivity index (χ4n) is 3.14. The quantitative estimate of drug-likeness (QED) is 0.604. The summed E-state index contributed by atoms with van der Waals surface area (Å²) in [5.41, 5.74) is 2.60. The third-order valence-corrected chi connectivity index (χ3v) is 4.98. The lowest BCUT2D eigenvalue weighted by molar-refractivity contribution is -0.132. The molecule has 29 heavy (non-hydrogen) atoms. The molecule has 0 saturated heterocycles. The Morgan fingerprint density at radius 1 is 1.17 bits per heavy atom. The van der Waals surface area contributed by atoms with Gasteiger partial charge in [0.1, 0.15) is 17.1 Å². The normalized spacial score (nSPS) is 15.1. The molecule has 3 N–H and O–H groups in total. The molecule has 4 rings (SSSR count). The van der Waals surface area contributed by atoms with Crippen molar-refractivity contribution in [2.75, 3.05) is 10.6 Å². The van der Waals surface area contributed by atoms with Gasteiger partial charge in [-0.2, -0.15) is 5.10 Å². The van der Waals surface area contributed by atoms with Gasteiger partial charge in [-0.25, -0.2) is 9.48 Å². The van der Waals surface area contributed by atoms with E-state index in [-0.39, 0.29) is 11.3 Å². The standard InChI is InChI=1S/C21H17ClN4O3/c1-12-6-8-13(9-7-12)18-10-17(21(28)29)24-19-14(11-23-26(18)19)20(27)25-16-5-3-2-4-15(16)22/h2-11,18,24H,1H3,(H,25,27)(H,28,29)/t18-/m1/s1. The number of aromatic nitrogens is 2. The lowest BCUT2D eigenvalue weighted by Gasteiger charge is -2.24. The number of allylic oxidation sites excluding steroid dienone is 1. The van der Waals surface area contributed by atoms with Crippen LogP contribution in [-0.2, 0) is 4.79 Å². The molecule has 1 amide bonds. The van der Waals surface area contributed by atoms with E-state index >= 15 is 0 Å². The van der Waals surface area contributed by atoms with E-state index in [1.807, 2.05) is 31.2 Å². The van der Waals surface area contributed by atoms with Crippen molar-refractivity contribution in [3.8, 4) is 0 Å². The van der Waals surface area contributed by atoms with Gasteiger partial charge >= 0.3 is 5.97 Å². The molecule has 1 aromatic heterocycles. The summed E-state index contributed by atoms with van der Waals surface area (Å²) < 4.78 is 1.60. The van der Waals surface area contributed by atoms with Gasteiger partial charge in [-0.15, -0.1) is 0 Å². The number of aryl methyl sites for hydroxylation is 1. The highest BCUT2D eigenvalue weighted by Crippen LogP contribution is 2.33. The van der Waals surface area contributed by atoms with E-state index in [0.29, 0.717) is 16.5 Å². The van der Waals surface area contributed by atoms with Crippen LogP contribution in [0.1, 0.15) is 27.5 Å². The van der Waals surface area contributed by atoms with E-state index in [1.165, 1.54) is 6.20 Å². The second kappa shape index (κ2) is 7.44. The summed E-state index contributed by atoms with van der Waals surface area (Å²) >= 11 is 6.12. The number of carboxylic acids is 1. The summed E-state index contributed by atoms with van der Waals surface area (Å²) in [5.74, 6) is -1.26. The lowest BCUT2D eigenvalue weighted by atomic mass is 10.0. The highest BCUT2D eigenvalue weighted by molar-refractivity contribution is 6.34. The Kier molecular flexibility index (Phi) is 4.82. The van der Waals surface area contributed by atoms with Crippen molar-refractivity contribution in [2.45, 2.75) is 13.0 Å². The maximum Gasteiger partial charge on any atom is 0.352 e. The topological polar surface area (TPSA) is 96.2 Å². The van der Waals surface area contributed by atoms with Crippen LogP contribution in [0.3, 0.4) is 0 Å². The second-order valence-corrected chi connectivity index (χ2v) is 7.06. The maximum atomic E-state index is 12.8. The van der Waals surface area contributed by atoms with Crippen LogP contribution in [0.25, 0.3) is 0 Å². The van der Waals surface area contributed by atoms with E-state index in [0.717, 1.165) is 11.1 Å². The average molecular weight is 409 g/mol. The van der Waals surface area contributed by atoms with Crippen molar-refractivity contribution >= 4 is 35.0 Å². The van der Waals surface area contributed by atoms with E-state index in [1.54, 1.807) is 35.0 Å². The smallest absolute Gasteiger partial charge is 0.352 e. The molecule has 0 saturated carbocycles. The Balaban J connectivity index is 1.73. The molecule has 2 aromatic carbocycles. The number of halogens is 1. The number of para-hydroxylation sites is 1. The van der Waals surface area contributed by atoms with E-state index in [4.69, 9.17) is 11.6 Å². The summed E-state index contributed by atoms with van der Waals surface area (Å²) in [4.78, 5) is 24.5. The van der Waals surface area contributed by atoms with Crippen LogP contribution in [0.15, 0.2) is 66.5 Å². The number of hydrogen-bond acceptors (Lipinski definition) is 4. The minimum atomic E-state index is -1.12. The maximum absolute atomic E-state index is 12.8. The average Bonchev–Trinajstić information content (AvgIpc) is 3.14. The third-order valence-electron chi connectivity index (χ3n) is 4.65. The van der Waals surface area contributed by atoms with E-state index < -0.39 is 17.9 Å². The molecule has 0 bridgehead atoms. The number of nitrogens with zero attached hydrogens (tertiary/aromatic N) is 2. The monoisotopic (exact) mass is 408 g/mol. The van der Waals surface area contributed by atoms with Crippen LogP contribution in [0, 0.1) is 6.92 Å². The lowest BCUT2D eigenvalue weighted by Crippen LogP contribution is -2.25. The summed E-state index contributed by atoms with van der Waals surface area (Å²) in [6, 6.07) is 14.1. The van der Waals surface area contributed by atoms with Crippen molar-refractivity contribution in [2.24, 2.45) is 0 Å². The van der Waals surface area contributed by atoms with Crippen molar-refractivity contribution in [3.63, 3.8) is 0 Å². The fraction of sp³-hybridized carbons (Fsp3) is 0.0952. The first-order valence-corrected chi connectivity index (χ1v) is 9.24. The van der Waals surface area contributed by atoms with Crippen LogP contribution < -0.4 is 10.6 Å². The van der Waals surface area contributed by atoms with Gasteiger partial charge in [-0.05, 0) is 30.7 Å². The number of carbonyl (C=O) groups is 2. The van der Waals surface area contributed by atoms with Crippen LogP contribution in [0.4, 0.5) is 11.5 Å². The van der Waals surface area contributed by atoms with Crippen molar-refractivity contribution in [1.29, 1.82) is 0 Å². The van der Waals surface area contributed by atoms with Gasteiger partial charge in [0, 0.05) is 0 Å². The van der Waals surface area contributed by atoms with E-state index in [2.05, 4.69) is 15.7 Å². The molecule has 0 aliphatic carbocycles. The zero-order chi connectivity index (χ0) is 20.5. The van der Waals surface area contributed by atoms with E-state index in [9.17, 15) is 14.7 Å². The summed E-state index contributed by atoms with van der Waals surface area (Å²) in [7, 11) is 0. The largest absolute Gasteiger partial charge is 0.477 e. The molecule has 0 radical (unpaired) electrons. The number of nitrogens with one attached hydrogen (secondary N) is 2. The molecule has 0 fully saturated rings. The predicted octanol–water partition coefficient (Wildman–Crippen LogP) is 4.08. The number of aliphatic carboxylic acids is 1. The molecule has 0 spiro atoms. The molecule has 3 aromatic rings. The van der Waals surface area contributed by atoms with Crippen molar-refractivity contribution < 1.29 is 14.7 Å². The Labute approximate surface area is 171 Å². The first-order chi connectivity index (χ1) is 13.9. The first kappa shape index (κ1) is 18.8. The SMILES string of the molecule is Cc1ccc([C@H]2C=C(C(=O)O)Nc3c(C(=O)Nc4ccccc4Cl)cnn32)cc1. The molecule has 1 aliphatic heterocycles. The zero-order valence-corrected chi connectivity index (χ0v) is 16.1. The van der Waals surface area contributed by atoms with Gasteiger partial charge in [-0.3, -0.25) is 4.79 Å². The number of amides is 1. The molecule has 1 atom stereocenters. The number of rotatable bonds is 4. The molecule has 8 heteroatoms. The molecule has 2 heterocycles. The summed E-state index contributed by atoms with van der Waals surface area (Å²) in [6.45, 7) is 1.97. The molecular formula is C21H17ClN4O3. The van der Waals surface area contributed by atoms with Crippen molar-refractivity contribution in [1.82, 2.24) is 9.78 Å². The summed E-state index contributed by atoms with van der Waals surface area (Å²) in [6.07, 6.45) is 2.98. The number of carboxylic acid groups (broad SMARTS) is 1. The van der Waals surface area contributed by atoms with Crippen LogP contribution in [0.5, 0.6) is 0 Å². The molecule has 146 valence electrons. The Hall–Kier alpha value is -3.58. The summed E-state index contributed by atoms with van der Waals surface area (Å²) in [5, 5.41) is 19.8. The number of benzene rings is 2. The first-order valence-electron chi connectivity index (χ1n) is 8.86. The number of anilines is 2. The Morgan fingerprint density at radius 3 is 2.59 bits per heavy atom. The number of carbonyl (C=O) groups excluding carboxylic acids is 1. The Morgan fingerprint density at radius 2 is 1.90 bits per heavy atom. The number of fused-ring (bicyclic) bond motifs is 1. The van der Waals surface area contributed by atoms with Gasteiger partial charge in [0.2, 0.25) is 0 Å². The highest BCUT2D eigenvalue weighted by Gasteiger charge is 2.29. The van der Waals surface area contributed by atoms with Crippen LogP contribution in [0.2, 0.25) is 5.02 Å². The van der Waals surface area contributed by atoms with Crippen LogP contribution in [-0.4, -0.2) is 26.8 Å². The minimum Gasteiger partial charge on any atom is -0.477 e. The second-order valence-electron chi connectivity index (χ2n) is 6.65. The third kappa shape index (κ3) is 3.60. The molecule has 1 aliphatic rings. The van der Waals surface area contributed by atoms with Crippen LogP contribution >= 0.6 is 11.6 Å².